The number of piperidine rings is 1. The molecule has 1 aliphatic rings. The first-order valence-electron chi connectivity index (χ1n) is 8.44. The maximum Gasteiger partial charge on any atom is 0.393 e. The van der Waals surface area contributed by atoms with Crippen molar-refractivity contribution in [2.24, 2.45) is 5.41 Å². The van der Waals surface area contributed by atoms with Crippen molar-refractivity contribution in [3.8, 4) is 0 Å². The number of likely N-dealkylation sites (tertiary alicyclic amines) is 1. The van der Waals surface area contributed by atoms with Crippen molar-refractivity contribution in [1.29, 1.82) is 0 Å². The Hall–Kier alpha value is -1.11. The molecule has 6 heteroatoms. The fourth-order valence-electron chi connectivity index (χ4n) is 3.61. The van der Waals surface area contributed by atoms with Crippen LogP contribution in [-0.2, 0) is 13.0 Å². The predicted octanol–water partition coefficient (Wildman–Crippen LogP) is 3.14. The van der Waals surface area contributed by atoms with Crippen LogP contribution in [0, 0.1) is 5.41 Å². The van der Waals surface area contributed by atoms with Crippen LogP contribution in [-0.4, -0.2) is 47.1 Å². The fourth-order valence-corrected chi connectivity index (χ4v) is 3.61. The van der Waals surface area contributed by atoms with Crippen molar-refractivity contribution >= 4 is 0 Å². The standard InChI is InChI=1S/C18H26F3NO2/c1-2-8-17(13-23)12-22(9-7-16(17)24)11-15-5-3-14(4-6-15)10-18(19,20)21/h3-6,16,23-24H,2,7-13H2,1H3/t16-,17+/m1/s1. The number of benzene rings is 1. The van der Waals surface area contributed by atoms with E-state index < -0.39 is 24.1 Å². The van der Waals surface area contributed by atoms with Crippen LogP contribution in [0.3, 0.4) is 0 Å². The van der Waals surface area contributed by atoms with Crippen LogP contribution in [0.25, 0.3) is 0 Å². The van der Waals surface area contributed by atoms with Gasteiger partial charge in [0, 0.05) is 25.0 Å². The van der Waals surface area contributed by atoms with E-state index in [0.717, 1.165) is 24.9 Å². The van der Waals surface area contributed by atoms with Gasteiger partial charge in [0.2, 0.25) is 0 Å². The molecule has 1 aliphatic heterocycles. The smallest absolute Gasteiger partial charge is 0.393 e. The van der Waals surface area contributed by atoms with Gasteiger partial charge in [-0.3, -0.25) is 4.90 Å². The third kappa shape index (κ3) is 4.94. The summed E-state index contributed by atoms with van der Waals surface area (Å²) in [5, 5.41) is 20.1. The molecule has 2 atom stereocenters. The summed E-state index contributed by atoms with van der Waals surface area (Å²) < 4.78 is 37.2. The average Bonchev–Trinajstić information content (AvgIpc) is 2.51. The lowest BCUT2D eigenvalue weighted by atomic mass is 9.74. The molecule has 0 amide bonds. The van der Waals surface area contributed by atoms with Crippen molar-refractivity contribution in [2.45, 2.75) is 51.4 Å². The largest absolute Gasteiger partial charge is 0.396 e. The molecular formula is C18H26F3NO2. The van der Waals surface area contributed by atoms with Gasteiger partial charge in [-0.25, -0.2) is 0 Å². The van der Waals surface area contributed by atoms with Crippen LogP contribution in [0.4, 0.5) is 13.2 Å². The summed E-state index contributed by atoms with van der Waals surface area (Å²) in [4.78, 5) is 2.16. The molecule has 1 aromatic carbocycles. The first kappa shape index (κ1) is 19.2. The minimum atomic E-state index is -4.19. The normalized spacial score (nSPS) is 25.8. The molecule has 0 spiro atoms. The monoisotopic (exact) mass is 345 g/mol. The molecule has 1 saturated heterocycles. The Labute approximate surface area is 141 Å². The second-order valence-corrected chi connectivity index (χ2v) is 6.89. The topological polar surface area (TPSA) is 43.7 Å². The van der Waals surface area contributed by atoms with E-state index >= 15 is 0 Å². The third-order valence-corrected chi connectivity index (χ3v) is 4.86. The highest BCUT2D eigenvalue weighted by Crippen LogP contribution is 2.35. The Morgan fingerprint density at radius 2 is 1.83 bits per heavy atom. The third-order valence-electron chi connectivity index (χ3n) is 4.86. The molecular weight excluding hydrogens is 319 g/mol. The Morgan fingerprint density at radius 1 is 1.21 bits per heavy atom. The molecule has 0 unspecified atom stereocenters. The van der Waals surface area contributed by atoms with Gasteiger partial charge in [0.15, 0.2) is 0 Å². The molecule has 1 aromatic rings. The van der Waals surface area contributed by atoms with Gasteiger partial charge in [-0.05, 0) is 24.0 Å². The van der Waals surface area contributed by atoms with E-state index in [0.29, 0.717) is 19.5 Å². The van der Waals surface area contributed by atoms with Crippen LogP contribution in [0.15, 0.2) is 24.3 Å². The first-order valence-corrected chi connectivity index (χ1v) is 8.44. The van der Waals surface area contributed by atoms with Crippen LogP contribution in [0.2, 0.25) is 0 Å². The number of hydrogen-bond acceptors (Lipinski definition) is 3. The Kier molecular flexibility index (Phi) is 6.28. The summed E-state index contributed by atoms with van der Waals surface area (Å²) in [6, 6.07) is 6.50. The van der Waals surface area contributed by atoms with Gasteiger partial charge < -0.3 is 10.2 Å². The predicted molar refractivity (Wildman–Crippen MR) is 86.5 cm³/mol. The average molecular weight is 345 g/mol. The molecule has 2 N–H and O–H groups in total. The van der Waals surface area contributed by atoms with E-state index in [2.05, 4.69) is 4.90 Å². The van der Waals surface area contributed by atoms with Crippen molar-refractivity contribution in [1.82, 2.24) is 4.90 Å². The van der Waals surface area contributed by atoms with Crippen molar-refractivity contribution < 1.29 is 23.4 Å². The zero-order valence-electron chi connectivity index (χ0n) is 14.0. The lowest BCUT2D eigenvalue weighted by molar-refractivity contribution is -0.127. The second kappa shape index (κ2) is 7.85. The molecule has 1 fully saturated rings. The Morgan fingerprint density at radius 3 is 2.38 bits per heavy atom. The van der Waals surface area contributed by atoms with Gasteiger partial charge in [0.05, 0.1) is 19.1 Å². The van der Waals surface area contributed by atoms with Gasteiger partial charge in [0.1, 0.15) is 0 Å². The zero-order chi connectivity index (χ0) is 17.8. The highest BCUT2D eigenvalue weighted by Gasteiger charge is 2.41. The lowest BCUT2D eigenvalue weighted by Gasteiger charge is -2.45. The highest BCUT2D eigenvalue weighted by atomic mass is 19.4. The summed E-state index contributed by atoms with van der Waals surface area (Å²) >= 11 is 0. The summed E-state index contributed by atoms with van der Waals surface area (Å²) in [6.07, 6.45) is -3.36. The molecule has 1 heterocycles. The van der Waals surface area contributed by atoms with Crippen LogP contribution in [0.5, 0.6) is 0 Å². The highest BCUT2D eigenvalue weighted by molar-refractivity contribution is 5.23. The maximum atomic E-state index is 12.4. The second-order valence-electron chi connectivity index (χ2n) is 6.89. The number of hydrogen-bond donors (Lipinski definition) is 2. The molecule has 0 bridgehead atoms. The van der Waals surface area contributed by atoms with E-state index in [4.69, 9.17) is 0 Å². The van der Waals surface area contributed by atoms with E-state index in [9.17, 15) is 23.4 Å². The fraction of sp³-hybridized carbons (Fsp3) is 0.667. The summed E-state index contributed by atoms with van der Waals surface area (Å²) in [5.41, 5.74) is 0.708. The molecule has 24 heavy (non-hydrogen) atoms. The van der Waals surface area contributed by atoms with Crippen LogP contribution in [0.1, 0.15) is 37.3 Å². The minimum absolute atomic E-state index is 0.0526. The van der Waals surface area contributed by atoms with E-state index in [-0.39, 0.29) is 12.2 Å². The number of halogens is 3. The molecule has 136 valence electrons. The number of aliphatic hydroxyl groups is 2. The van der Waals surface area contributed by atoms with Crippen molar-refractivity contribution in [3.63, 3.8) is 0 Å². The maximum absolute atomic E-state index is 12.4. The quantitative estimate of drug-likeness (QED) is 0.832. The van der Waals surface area contributed by atoms with Crippen molar-refractivity contribution in [2.75, 3.05) is 19.7 Å². The molecule has 0 aromatic heterocycles. The molecule has 0 saturated carbocycles. The van der Waals surface area contributed by atoms with Gasteiger partial charge in [-0.2, -0.15) is 13.2 Å². The Balaban J connectivity index is 2.00. The number of nitrogens with zero attached hydrogens (tertiary/aromatic N) is 1. The van der Waals surface area contributed by atoms with Crippen LogP contribution < -0.4 is 0 Å². The van der Waals surface area contributed by atoms with Crippen LogP contribution >= 0.6 is 0 Å². The number of alkyl halides is 3. The first-order chi connectivity index (χ1) is 11.3. The molecule has 3 nitrogen and oxygen atoms in total. The summed E-state index contributed by atoms with van der Waals surface area (Å²) in [7, 11) is 0. The van der Waals surface area contributed by atoms with E-state index in [1.165, 1.54) is 12.1 Å². The van der Waals surface area contributed by atoms with Gasteiger partial charge >= 0.3 is 6.18 Å². The molecule has 0 radical (unpaired) electrons. The van der Waals surface area contributed by atoms with Crippen molar-refractivity contribution in [3.05, 3.63) is 35.4 Å². The lowest BCUT2D eigenvalue weighted by Crippen LogP contribution is -2.53. The molecule has 0 aliphatic carbocycles. The number of rotatable bonds is 6. The summed E-state index contributed by atoms with van der Waals surface area (Å²) in [5.74, 6) is 0. The molecule has 2 rings (SSSR count). The van der Waals surface area contributed by atoms with Gasteiger partial charge in [-0.1, -0.05) is 37.6 Å². The Bertz CT molecular complexity index is 518. The zero-order valence-corrected chi connectivity index (χ0v) is 14.0. The number of aliphatic hydroxyl groups excluding tert-OH is 2. The van der Waals surface area contributed by atoms with E-state index in [1.54, 1.807) is 12.1 Å². The SMILES string of the molecule is CCC[C@@]1(CO)CN(Cc2ccc(CC(F)(F)F)cc2)CC[C@H]1O. The van der Waals surface area contributed by atoms with E-state index in [1.807, 2.05) is 6.92 Å². The van der Waals surface area contributed by atoms with Gasteiger partial charge in [-0.15, -0.1) is 0 Å². The van der Waals surface area contributed by atoms with Gasteiger partial charge in [0.25, 0.3) is 0 Å². The minimum Gasteiger partial charge on any atom is -0.396 e. The summed E-state index contributed by atoms with van der Waals surface area (Å²) in [6.45, 7) is 3.91.